The molecule has 1 atom stereocenters. The first kappa shape index (κ1) is 29.0. The number of amides is 5. The number of piperidine rings is 1. The van der Waals surface area contributed by atoms with Crippen LogP contribution in [0.3, 0.4) is 0 Å². The molecule has 0 radical (unpaired) electrons. The van der Waals surface area contributed by atoms with Crippen LogP contribution in [-0.4, -0.2) is 80.7 Å². The first-order chi connectivity index (χ1) is 19.7. The minimum absolute atomic E-state index is 0.0470. The van der Waals surface area contributed by atoms with Gasteiger partial charge in [0, 0.05) is 25.8 Å². The lowest BCUT2D eigenvalue weighted by molar-refractivity contribution is -0.139. The Kier molecular flexibility index (Phi) is 7.15. The number of aromatic nitrogens is 3. The highest BCUT2D eigenvalue weighted by atomic mass is 19.4. The summed E-state index contributed by atoms with van der Waals surface area (Å²) in [4.78, 5) is 56.8. The number of hydrogen-bond acceptors (Lipinski definition) is 6. The highest BCUT2D eigenvalue weighted by Gasteiger charge is 2.58. The van der Waals surface area contributed by atoms with Crippen molar-refractivity contribution in [3.05, 3.63) is 53.3 Å². The van der Waals surface area contributed by atoms with Gasteiger partial charge in [-0.2, -0.15) is 13.2 Å². The maximum atomic E-state index is 14.3. The summed E-state index contributed by atoms with van der Waals surface area (Å²) in [5.41, 5.74) is -1.72. The Morgan fingerprint density at radius 3 is 2.40 bits per heavy atom. The zero-order valence-electron chi connectivity index (χ0n) is 22.8. The van der Waals surface area contributed by atoms with Crippen molar-refractivity contribution < 1.29 is 36.7 Å². The summed E-state index contributed by atoms with van der Waals surface area (Å²) in [5.74, 6) is -3.79. The van der Waals surface area contributed by atoms with Gasteiger partial charge in [0.1, 0.15) is 22.9 Å². The number of nitrogens with one attached hydrogen (secondary N) is 2. The molecule has 1 unspecified atom stereocenters. The normalized spacial score (nSPS) is 18.0. The number of imide groups is 1. The molecule has 2 aromatic carbocycles. The Bertz CT molecular complexity index is 1580. The standard InChI is InChI=1S/C27H27F4N7O4/c1-14(2)21(32-22(39)17-12-15(27(29,30)31)4-6-18(17)28)23(40)37-10-8-26(9-11-37)24(41)36(3)25(42)38(26)16-5-7-19-20(13-16)34-35-33-19/h4-7,12-14,21H,8-11H2,1-3H3,(H,32,39)(H,33,34,35). The van der Waals surface area contributed by atoms with E-state index in [2.05, 4.69) is 20.7 Å². The molecular formula is C27H27F4N7O4. The van der Waals surface area contributed by atoms with Crippen molar-refractivity contribution in [2.24, 2.45) is 5.92 Å². The van der Waals surface area contributed by atoms with E-state index in [1.165, 1.54) is 16.8 Å². The fourth-order valence-electron chi connectivity index (χ4n) is 5.49. The van der Waals surface area contributed by atoms with E-state index in [1.807, 2.05) is 0 Å². The molecule has 2 aliphatic rings. The first-order valence-corrected chi connectivity index (χ1v) is 13.1. The Morgan fingerprint density at radius 1 is 1.07 bits per heavy atom. The summed E-state index contributed by atoms with van der Waals surface area (Å²) in [6.07, 6.45) is -4.61. The highest BCUT2D eigenvalue weighted by molar-refractivity contribution is 6.17. The van der Waals surface area contributed by atoms with E-state index in [1.54, 1.807) is 32.0 Å². The fraction of sp³-hybridized carbons (Fsp3) is 0.407. The van der Waals surface area contributed by atoms with Crippen LogP contribution < -0.4 is 10.2 Å². The summed E-state index contributed by atoms with van der Waals surface area (Å²) in [6.45, 7) is 3.36. The molecule has 3 heterocycles. The maximum Gasteiger partial charge on any atom is 0.416 e. The molecular weight excluding hydrogens is 562 g/mol. The Morgan fingerprint density at radius 2 is 1.76 bits per heavy atom. The fourth-order valence-corrected chi connectivity index (χ4v) is 5.49. The third kappa shape index (κ3) is 4.81. The Hall–Kier alpha value is -4.56. The van der Waals surface area contributed by atoms with E-state index in [0.717, 1.165) is 4.90 Å². The summed E-state index contributed by atoms with van der Waals surface area (Å²) >= 11 is 0. The van der Waals surface area contributed by atoms with Crippen LogP contribution in [0.2, 0.25) is 0 Å². The zero-order valence-corrected chi connectivity index (χ0v) is 22.8. The van der Waals surface area contributed by atoms with Crippen molar-refractivity contribution in [2.75, 3.05) is 25.0 Å². The number of likely N-dealkylation sites (tertiary alicyclic amines) is 1. The van der Waals surface area contributed by atoms with Gasteiger partial charge >= 0.3 is 12.2 Å². The van der Waals surface area contributed by atoms with E-state index >= 15 is 0 Å². The number of fused-ring (bicyclic) bond motifs is 1. The van der Waals surface area contributed by atoms with Gasteiger partial charge in [0.2, 0.25) is 5.91 Å². The van der Waals surface area contributed by atoms with E-state index in [0.29, 0.717) is 34.9 Å². The SMILES string of the molecule is CC(C)C(NC(=O)c1cc(C(F)(F)F)ccc1F)C(=O)N1CCC2(CC1)C(=O)N(C)C(=O)N2c1ccc2[nH]nnc2c1. The van der Waals surface area contributed by atoms with Gasteiger partial charge in [-0.1, -0.05) is 19.1 Å². The third-order valence-corrected chi connectivity index (χ3v) is 7.84. The first-order valence-electron chi connectivity index (χ1n) is 13.1. The summed E-state index contributed by atoms with van der Waals surface area (Å²) in [6, 6.07) is 4.77. The average molecular weight is 590 g/mol. The van der Waals surface area contributed by atoms with Crippen LogP contribution in [0, 0.1) is 11.7 Å². The molecule has 0 aliphatic carbocycles. The van der Waals surface area contributed by atoms with E-state index in [9.17, 15) is 36.7 Å². The molecule has 2 aliphatic heterocycles. The van der Waals surface area contributed by atoms with E-state index in [4.69, 9.17) is 0 Å². The molecule has 3 aromatic rings. The minimum Gasteiger partial charge on any atom is -0.341 e. The van der Waals surface area contributed by atoms with Crippen LogP contribution >= 0.6 is 0 Å². The Balaban J connectivity index is 1.35. The van der Waals surface area contributed by atoms with Gasteiger partial charge in [-0.05, 0) is 55.2 Å². The monoisotopic (exact) mass is 589 g/mol. The van der Waals surface area contributed by atoms with Crippen molar-refractivity contribution in [3.63, 3.8) is 0 Å². The number of anilines is 1. The van der Waals surface area contributed by atoms with Gasteiger partial charge in [0.25, 0.3) is 11.8 Å². The van der Waals surface area contributed by atoms with Crippen LogP contribution in [0.4, 0.5) is 28.0 Å². The van der Waals surface area contributed by atoms with Gasteiger partial charge in [0.05, 0.1) is 16.6 Å². The van der Waals surface area contributed by atoms with Gasteiger partial charge in [0.15, 0.2) is 0 Å². The number of nitrogens with zero attached hydrogens (tertiary/aromatic N) is 5. The minimum atomic E-state index is -4.79. The van der Waals surface area contributed by atoms with Crippen LogP contribution in [0.5, 0.6) is 0 Å². The molecule has 2 saturated heterocycles. The lowest BCUT2D eigenvalue weighted by atomic mass is 9.85. The number of alkyl halides is 3. The molecule has 2 fully saturated rings. The second-order valence-electron chi connectivity index (χ2n) is 10.7. The smallest absolute Gasteiger partial charge is 0.341 e. The van der Waals surface area contributed by atoms with Gasteiger partial charge in [-0.3, -0.25) is 29.3 Å². The number of urea groups is 1. The van der Waals surface area contributed by atoms with Crippen molar-refractivity contribution in [3.8, 4) is 0 Å². The van der Waals surface area contributed by atoms with Gasteiger partial charge in [-0.25, -0.2) is 9.18 Å². The number of hydrogen-bond donors (Lipinski definition) is 2. The highest BCUT2D eigenvalue weighted by Crippen LogP contribution is 2.41. The molecule has 1 spiro atoms. The average Bonchev–Trinajstić information content (AvgIpc) is 3.48. The second kappa shape index (κ2) is 10.4. The summed E-state index contributed by atoms with van der Waals surface area (Å²) < 4.78 is 53.8. The molecule has 1 aromatic heterocycles. The number of carbonyl (C=O) groups excluding carboxylic acids is 4. The molecule has 222 valence electrons. The summed E-state index contributed by atoms with van der Waals surface area (Å²) in [7, 11) is 1.38. The topological polar surface area (TPSA) is 132 Å². The molecule has 15 heteroatoms. The van der Waals surface area contributed by atoms with Crippen molar-refractivity contribution in [2.45, 2.75) is 44.4 Å². The van der Waals surface area contributed by atoms with Gasteiger partial charge < -0.3 is 10.2 Å². The van der Waals surface area contributed by atoms with Crippen molar-refractivity contribution in [1.29, 1.82) is 0 Å². The largest absolute Gasteiger partial charge is 0.416 e. The number of aromatic amines is 1. The van der Waals surface area contributed by atoms with Crippen molar-refractivity contribution >= 4 is 40.5 Å². The predicted octanol–water partition coefficient (Wildman–Crippen LogP) is 3.33. The van der Waals surface area contributed by atoms with Crippen LogP contribution in [0.25, 0.3) is 11.0 Å². The van der Waals surface area contributed by atoms with E-state index < -0.39 is 64.4 Å². The zero-order chi connectivity index (χ0) is 30.6. The quantitative estimate of drug-likeness (QED) is 0.347. The van der Waals surface area contributed by atoms with Crippen molar-refractivity contribution in [1.82, 2.24) is 30.5 Å². The molecule has 0 bridgehead atoms. The molecule has 2 N–H and O–H groups in total. The Labute approximate surface area is 236 Å². The molecule has 0 saturated carbocycles. The third-order valence-electron chi connectivity index (χ3n) is 7.84. The molecule has 11 nitrogen and oxygen atoms in total. The van der Waals surface area contributed by atoms with Gasteiger partial charge in [-0.15, -0.1) is 5.10 Å². The lowest BCUT2D eigenvalue weighted by Gasteiger charge is -2.43. The van der Waals surface area contributed by atoms with E-state index in [-0.39, 0.29) is 25.9 Å². The number of rotatable bonds is 5. The number of benzene rings is 2. The predicted molar refractivity (Wildman–Crippen MR) is 141 cm³/mol. The summed E-state index contributed by atoms with van der Waals surface area (Å²) in [5, 5.41) is 12.8. The molecule has 42 heavy (non-hydrogen) atoms. The molecule has 5 amide bonds. The number of halogens is 4. The lowest BCUT2D eigenvalue weighted by Crippen LogP contribution is -2.60. The second-order valence-corrected chi connectivity index (χ2v) is 10.7. The van der Waals surface area contributed by atoms with Crippen LogP contribution in [0.15, 0.2) is 36.4 Å². The number of H-pyrrole nitrogens is 1. The van der Waals surface area contributed by atoms with Crippen LogP contribution in [0.1, 0.15) is 42.6 Å². The molecule has 5 rings (SSSR count). The van der Waals surface area contributed by atoms with Crippen LogP contribution in [-0.2, 0) is 15.8 Å². The number of likely N-dealkylation sites (N-methyl/N-ethyl adjacent to an activating group) is 1. The maximum absolute atomic E-state index is 14.3. The number of carbonyl (C=O) groups is 4.